The van der Waals surface area contributed by atoms with Gasteiger partial charge in [0.1, 0.15) is 22.8 Å². The number of amides is 1. The molecule has 1 fully saturated rings. The third kappa shape index (κ3) is 8.99. The highest BCUT2D eigenvalue weighted by atomic mass is 35.5. The molecule has 0 saturated carbocycles. The topological polar surface area (TPSA) is 168 Å². The monoisotopic (exact) mass is 692 g/mol. The third-order valence-corrected chi connectivity index (χ3v) is 10.2. The smallest absolute Gasteiger partial charge is 0.243 e. The number of sulfonamides is 1. The van der Waals surface area contributed by atoms with Crippen molar-refractivity contribution in [1.29, 1.82) is 0 Å². The zero-order valence-corrected chi connectivity index (χ0v) is 28.7. The van der Waals surface area contributed by atoms with Crippen LogP contribution in [0.15, 0.2) is 52.4 Å². The number of ether oxygens (including phenoxy) is 1. The Kier molecular flexibility index (Phi) is 12.1. The summed E-state index contributed by atoms with van der Waals surface area (Å²) in [6.07, 6.45) is 0.898. The predicted molar refractivity (Wildman–Crippen MR) is 183 cm³/mol. The lowest BCUT2D eigenvalue weighted by atomic mass is 10.0. The highest BCUT2D eigenvalue weighted by Gasteiger charge is 2.38. The summed E-state index contributed by atoms with van der Waals surface area (Å²) in [5.41, 5.74) is 12.2. The molecule has 1 saturated heterocycles. The second-order valence-electron chi connectivity index (χ2n) is 11.6. The molecule has 46 heavy (non-hydrogen) atoms. The normalized spacial score (nSPS) is 14.6. The van der Waals surface area contributed by atoms with Gasteiger partial charge < -0.3 is 31.3 Å². The fourth-order valence-electron chi connectivity index (χ4n) is 5.04. The molecule has 4 rings (SSSR count). The molecule has 250 valence electrons. The van der Waals surface area contributed by atoms with E-state index in [-0.39, 0.29) is 27.5 Å². The SMILES string of the molecule is Cc1ccc2cc(OCc3c(Cl)ccc(S(=O)(=O)NC(C)(C)C(=O)N4CCN(C(N)=NCCNCCCN)CC4)c3Cl)ccc2n1. The summed E-state index contributed by atoms with van der Waals surface area (Å²) < 4.78 is 35.7. The van der Waals surface area contributed by atoms with Crippen LogP contribution < -0.4 is 26.2 Å². The third-order valence-electron chi connectivity index (χ3n) is 7.56. The minimum atomic E-state index is -4.24. The van der Waals surface area contributed by atoms with Crippen molar-refractivity contribution in [2.75, 3.05) is 52.4 Å². The van der Waals surface area contributed by atoms with Gasteiger partial charge in [-0.05, 0) is 76.7 Å². The molecule has 0 radical (unpaired) electrons. The van der Waals surface area contributed by atoms with Gasteiger partial charge in [0.05, 0.1) is 17.1 Å². The van der Waals surface area contributed by atoms with Crippen LogP contribution >= 0.6 is 23.2 Å². The van der Waals surface area contributed by atoms with E-state index in [0.717, 1.165) is 29.6 Å². The minimum absolute atomic E-state index is 0.0738. The standard InChI is InChI=1S/C31H42Cl2N8O4S/c1-21-5-6-22-19-23(7-9-26(22)38-21)45-20-24-25(32)8-10-27(28(24)33)46(43,44)39-31(2,3)29(42)40-15-17-41(18-16-40)30(35)37-14-13-36-12-4-11-34/h5-10,19,36,39H,4,11-18,20,34H2,1-3H3,(H2,35,37). The molecular weight excluding hydrogens is 651 g/mol. The van der Waals surface area contributed by atoms with Crippen molar-refractivity contribution in [3.8, 4) is 5.75 Å². The van der Waals surface area contributed by atoms with Gasteiger partial charge in [0.2, 0.25) is 15.9 Å². The predicted octanol–water partition coefficient (Wildman–Crippen LogP) is 2.88. The van der Waals surface area contributed by atoms with Crippen LogP contribution in [0.2, 0.25) is 10.0 Å². The Morgan fingerprint density at radius 1 is 1.07 bits per heavy atom. The fraction of sp³-hybridized carbons (Fsp3) is 0.452. The molecule has 2 aromatic carbocycles. The lowest BCUT2D eigenvalue weighted by Gasteiger charge is -2.39. The van der Waals surface area contributed by atoms with E-state index in [1.165, 1.54) is 26.0 Å². The van der Waals surface area contributed by atoms with E-state index in [1.54, 1.807) is 11.0 Å². The second-order valence-corrected chi connectivity index (χ2v) is 14.0. The van der Waals surface area contributed by atoms with Gasteiger partial charge in [-0.15, -0.1) is 0 Å². The van der Waals surface area contributed by atoms with E-state index < -0.39 is 15.6 Å². The van der Waals surface area contributed by atoms with Crippen LogP contribution in [0.1, 0.15) is 31.5 Å². The first kappa shape index (κ1) is 35.7. The number of nitrogens with two attached hydrogens (primary N) is 2. The van der Waals surface area contributed by atoms with Crippen molar-refractivity contribution in [2.45, 2.75) is 44.2 Å². The van der Waals surface area contributed by atoms with Crippen molar-refractivity contribution in [2.24, 2.45) is 16.5 Å². The van der Waals surface area contributed by atoms with Gasteiger partial charge in [-0.25, -0.2) is 8.42 Å². The molecule has 0 atom stereocenters. The summed E-state index contributed by atoms with van der Waals surface area (Å²) in [7, 11) is -4.24. The number of carbonyl (C=O) groups is 1. The molecule has 1 aliphatic heterocycles. The first-order valence-electron chi connectivity index (χ1n) is 15.1. The molecule has 1 amide bonds. The van der Waals surface area contributed by atoms with Crippen molar-refractivity contribution in [3.05, 3.63) is 63.8 Å². The molecular formula is C31H42Cl2N8O4S. The zero-order chi connectivity index (χ0) is 33.5. The number of aromatic nitrogens is 1. The number of benzene rings is 2. The van der Waals surface area contributed by atoms with Gasteiger partial charge in [-0.1, -0.05) is 29.3 Å². The van der Waals surface area contributed by atoms with E-state index in [9.17, 15) is 13.2 Å². The zero-order valence-electron chi connectivity index (χ0n) is 26.4. The molecule has 0 aliphatic carbocycles. The van der Waals surface area contributed by atoms with Crippen LogP contribution in [0.4, 0.5) is 0 Å². The average Bonchev–Trinajstić information content (AvgIpc) is 3.01. The molecule has 1 aromatic heterocycles. The summed E-state index contributed by atoms with van der Waals surface area (Å²) in [4.78, 5) is 25.7. The Morgan fingerprint density at radius 3 is 2.50 bits per heavy atom. The first-order chi connectivity index (χ1) is 21.8. The van der Waals surface area contributed by atoms with Crippen LogP contribution in [-0.2, 0) is 21.4 Å². The molecule has 2 heterocycles. The number of carbonyl (C=O) groups excluding carboxylic acids is 1. The molecule has 0 unspecified atom stereocenters. The Bertz CT molecular complexity index is 1680. The van der Waals surface area contributed by atoms with Gasteiger partial charge in [0, 0.05) is 54.4 Å². The van der Waals surface area contributed by atoms with E-state index in [2.05, 4.69) is 20.0 Å². The summed E-state index contributed by atoms with van der Waals surface area (Å²) in [6.45, 7) is 9.27. The molecule has 15 heteroatoms. The van der Waals surface area contributed by atoms with Gasteiger partial charge in [-0.3, -0.25) is 14.8 Å². The van der Waals surface area contributed by atoms with Gasteiger partial charge >= 0.3 is 0 Å². The Morgan fingerprint density at radius 2 is 1.78 bits per heavy atom. The number of nitrogens with zero attached hydrogens (tertiary/aromatic N) is 4. The number of hydrogen-bond donors (Lipinski definition) is 4. The number of pyridine rings is 1. The van der Waals surface area contributed by atoms with Crippen molar-refractivity contribution in [1.82, 2.24) is 24.8 Å². The van der Waals surface area contributed by atoms with E-state index in [1.807, 2.05) is 36.1 Å². The van der Waals surface area contributed by atoms with E-state index in [0.29, 0.717) is 63.1 Å². The number of guanidine groups is 1. The molecule has 12 nitrogen and oxygen atoms in total. The quantitative estimate of drug-likeness (QED) is 0.120. The second kappa shape index (κ2) is 15.6. The lowest BCUT2D eigenvalue weighted by Crippen LogP contribution is -2.60. The van der Waals surface area contributed by atoms with Gasteiger partial charge in [0.15, 0.2) is 5.96 Å². The van der Waals surface area contributed by atoms with Crippen molar-refractivity contribution >= 4 is 56.0 Å². The molecule has 0 spiro atoms. The lowest BCUT2D eigenvalue weighted by molar-refractivity contribution is -0.137. The molecule has 6 N–H and O–H groups in total. The van der Waals surface area contributed by atoms with Crippen LogP contribution in [-0.4, -0.2) is 93.0 Å². The van der Waals surface area contributed by atoms with Crippen LogP contribution in [0, 0.1) is 6.92 Å². The highest BCUT2D eigenvalue weighted by Crippen LogP contribution is 2.33. The number of halogens is 2. The maximum atomic E-state index is 13.6. The number of aliphatic imine (C=N–C) groups is 1. The summed E-state index contributed by atoms with van der Waals surface area (Å²) in [5.74, 6) is 0.592. The first-order valence-corrected chi connectivity index (χ1v) is 17.3. The maximum Gasteiger partial charge on any atom is 0.243 e. The van der Waals surface area contributed by atoms with E-state index >= 15 is 0 Å². The van der Waals surface area contributed by atoms with Crippen LogP contribution in [0.25, 0.3) is 10.9 Å². The van der Waals surface area contributed by atoms with Crippen LogP contribution in [0.3, 0.4) is 0 Å². The van der Waals surface area contributed by atoms with Crippen LogP contribution in [0.5, 0.6) is 5.75 Å². The number of rotatable bonds is 13. The van der Waals surface area contributed by atoms with Crippen molar-refractivity contribution < 1.29 is 17.9 Å². The highest BCUT2D eigenvalue weighted by molar-refractivity contribution is 7.89. The summed E-state index contributed by atoms with van der Waals surface area (Å²) in [6, 6.07) is 12.1. The minimum Gasteiger partial charge on any atom is -0.489 e. The number of hydrogen-bond acceptors (Lipinski definition) is 8. The number of fused-ring (bicyclic) bond motifs is 1. The fourth-order valence-corrected chi connectivity index (χ4v) is 7.30. The number of nitrogens with one attached hydrogen (secondary N) is 2. The number of piperazine rings is 1. The van der Waals surface area contributed by atoms with E-state index in [4.69, 9.17) is 39.4 Å². The molecule has 1 aliphatic rings. The number of aryl methyl sites for hydroxylation is 1. The van der Waals surface area contributed by atoms with Gasteiger partial charge in [-0.2, -0.15) is 4.72 Å². The molecule has 3 aromatic rings. The Balaban J connectivity index is 1.38. The van der Waals surface area contributed by atoms with Crippen molar-refractivity contribution in [3.63, 3.8) is 0 Å². The largest absolute Gasteiger partial charge is 0.489 e. The summed E-state index contributed by atoms with van der Waals surface area (Å²) in [5, 5.41) is 4.31. The maximum absolute atomic E-state index is 13.6. The Labute approximate surface area is 280 Å². The Hall–Kier alpha value is -3.20. The van der Waals surface area contributed by atoms with Gasteiger partial charge in [0.25, 0.3) is 0 Å². The molecule has 0 bridgehead atoms. The average molecular weight is 694 g/mol. The summed E-state index contributed by atoms with van der Waals surface area (Å²) >= 11 is 13.0.